The average molecular weight is 322 g/mol. The maximum Gasteiger partial charge on any atom is 0.311 e. The zero-order valence-corrected chi connectivity index (χ0v) is 13.6. The molecular formula is C19H18N2O3. The van der Waals surface area contributed by atoms with Crippen molar-refractivity contribution < 1.29 is 14.3 Å². The predicted octanol–water partition coefficient (Wildman–Crippen LogP) is 2.98. The van der Waals surface area contributed by atoms with Crippen LogP contribution in [0.15, 0.2) is 48.5 Å². The van der Waals surface area contributed by atoms with Crippen molar-refractivity contribution in [1.29, 1.82) is 5.26 Å². The van der Waals surface area contributed by atoms with Crippen molar-refractivity contribution >= 4 is 17.6 Å². The molecule has 1 N–H and O–H groups in total. The third kappa shape index (κ3) is 4.96. The number of hydrogen-bond donors (Lipinski definition) is 1. The number of hydrogen-bond acceptors (Lipinski definition) is 4. The minimum atomic E-state index is -0.923. The van der Waals surface area contributed by atoms with E-state index in [9.17, 15) is 9.59 Å². The Kier molecular flexibility index (Phi) is 5.69. The SMILES string of the molecule is Cc1ccc(CC(=O)O[C@H](C)C(=O)Nc2cccc(C#N)c2)cc1. The quantitative estimate of drug-likeness (QED) is 0.858. The third-order valence-electron chi connectivity index (χ3n) is 3.41. The fourth-order valence-corrected chi connectivity index (χ4v) is 2.08. The third-order valence-corrected chi connectivity index (χ3v) is 3.41. The Hall–Kier alpha value is -3.13. The van der Waals surface area contributed by atoms with Gasteiger partial charge >= 0.3 is 5.97 Å². The summed E-state index contributed by atoms with van der Waals surface area (Å²) in [7, 11) is 0. The van der Waals surface area contributed by atoms with Crippen LogP contribution < -0.4 is 5.32 Å². The Labute approximate surface area is 140 Å². The molecule has 122 valence electrons. The van der Waals surface area contributed by atoms with Crippen LogP contribution in [0, 0.1) is 18.3 Å². The van der Waals surface area contributed by atoms with Gasteiger partial charge in [-0.3, -0.25) is 9.59 Å². The first-order valence-electron chi connectivity index (χ1n) is 7.54. The Bertz CT molecular complexity index is 776. The number of carbonyl (C=O) groups excluding carboxylic acids is 2. The molecule has 2 aromatic rings. The number of nitrogens with zero attached hydrogens (tertiary/aromatic N) is 1. The lowest BCUT2D eigenvalue weighted by Gasteiger charge is -2.13. The van der Waals surface area contributed by atoms with E-state index < -0.39 is 18.0 Å². The van der Waals surface area contributed by atoms with Gasteiger partial charge in [-0.15, -0.1) is 0 Å². The number of anilines is 1. The molecule has 1 amide bonds. The second-order valence-corrected chi connectivity index (χ2v) is 5.48. The predicted molar refractivity (Wildman–Crippen MR) is 90.2 cm³/mol. The van der Waals surface area contributed by atoms with Crippen LogP contribution >= 0.6 is 0 Å². The molecule has 0 fully saturated rings. The number of ether oxygens (including phenoxy) is 1. The Morgan fingerprint density at radius 3 is 2.58 bits per heavy atom. The standard InChI is InChI=1S/C19H18N2O3/c1-13-6-8-15(9-7-13)11-18(22)24-14(2)19(23)21-17-5-3-4-16(10-17)12-20/h3-10,14H,11H2,1-2H3,(H,21,23)/t14-/m1/s1. The summed E-state index contributed by atoms with van der Waals surface area (Å²) in [6.45, 7) is 3.48. The van der Waals surface area contributed by atoms with Crippen LogP contribution in [0.5, 0.6) is 0 Å². The molecule has 0 aliphatic carbocycles. The highest BCUT2D eigenvalue weighted by Crippen LogP contribution is 2.11. The van der Waals surface area contributed by atoms with Crippen LogP contribution in [0.2, 0.25) is 0 Å². The summed E-state index contributed by atoms with van der Waals surface area (Å²) < 4.78 is 5.16. The first-order valence-corrected chi connectivity index (χ1v) is 7.54. The Morgan fingerprint density at radius 1 is 1.21 bits per heavy atom. The van der Waals surface area contributed by atoms with E-state index in [2.05, 4.69) is 5.32 Å². The van der Waals surface area contributed by atoms with Gasteiger partial charge in [-0.2, -0.15) is 5.26 Å². The van der Waals surface area contributed by atoms with Crippen LogP contribution in [0.4, 0.5) is 5.69 Å². The van der Waals surface area contributed by atoms with Gasteiger partial charge in [-0.25, -0.2) is 0 Å². The molecule has 0 saturated heterocycles. The van der Waals surface area contributed by atoms with Crippen LogP contribution in [-0.2, 0) is 20.7 Å². The van der Waals surface area contributed by atoms with E-state index in [1.807, 2.05) is 37.3 Å². The fraction of sp³-hybridized carbons (Fsp3) is 0.211. The van der Waals surface area contributed by atoms with Crippen LogP contribution in [-0.4, -0.2) is 18.0 Å². The first kappa shape index (κ1) is 17.2. The van der Waals surface area contributed by atoms with Gasteiger partial charge in [0.05, 0.1) is 18.1 Å². The van der Waals surface area contributed by atoms with E-state index in [1.54, 1.807) is 24.3 Å². The van der Waals surface area contributed by atoms with Crippen molar-refractivity contribution in [2.45, 2.75) is 26.4 Å². The fourth-order valence-electron chi connectivity index (χ4n) is 2.08. The minimum Gasteiger partial charge on any atom is -0.452 e. The molecule has 0 spiro atoms. The number of benzene rings is 2. The molecule has 0 bridgehead atoms. The van der Waals surface area contributed by atoms with Crippen molar-refractivity contribution in [3.63, 3.8) is 0 Å². The molecule has 0 heterocycles. The molecule has 0 aromatic heterocycles. The van der Waals surface area contributed by atoms with Gasteiger partial charge in [0, 0.05) is 5.69 Å². The maximum atomic E-state index is 12.1. The van der Waals surface area contributed by atoms with Gasteiger partial charge in [-0.05, 0) is 37.6 Å². The number of carbonyl (C=O) groups is 2. The number of nitrogens with one attached hydrogen (secondary N) is 1. The maximum absolute atomic E-state index is 12.1. The largest absolute Gasteiger partial charge is 0.452 e. The van der Waals surface area contributed by atoms with E-state index >= 15 is 0 Å². The zero-order valence-electron chi connectivity index (χ0n) is 13.6. The van der Waals surface area contributed by atoms with Gasteiger partial charge in [0.1, 0.15) is 0 Å². The summed E-state index contributed by atoms with van der Waals surface area (Å²) in [4.78, 5) is 24.0. The van der Waals surface area contributed by atoms with Crippen molar-refractivity contribution in [3.05, 3.63) is 65.2 Å². The molecule has 24 heavy (non-hydrogen) atoms. The summed E-state index contributed by atoms with van der Waals surface area (Å²) in [5, 5.41) is 11.5. The van der Waals surface area contributed by atoms with Gasteiger partial charge in [0.2, 0.25) is 0 Å². The summed E-state index contributed by atoms with van der Waals surface area (Å²) >= 11 is 0. The molecule has 0 aliphatic heterocycles. The monoisotopic (exact) mass is 322 g/mol. The summed E-state index contributed by atoms with van der Waals surface area (Å²) in [6, 6.07) is 16.1. The van der Waals surface area contributed by atoms with Gasteiger partial charge in [0.25, 0.3) is 5.91 Å². The van der Waals surface area contributed by atoms with Gasteiger partial charge in [0.15, 0.2) is 6.10 Å². The molecule has 2 aromatic carbocycles. The molecule has 2 rings (SSSR count). The Balaban J connectivity index is 1.89. The van der Waals surface area contributed by atoms with Crippen LogP contribution in [0.25, 0.3) is 0 Å². The van der Waals surface area contributed by atoms with Crippen molar-refractivity contribution in [2.75, 3.05) is 5.32 Å². The molecule has 0 saturated carbocycles. The van der Waals surface area contributed by atoms with Crippen LogP contribution in [0.3, 0.4) is 0 Å². The highest BCUT2D eigenvalue weighted by molar-refractivity contribution is 5.95. The Morgan fingerprint density at radius 2 is 1.92 bits per heavy atom. The lowest BCUT2D eigenvalue weighted by atomic mass is 10.1. The number of aryl methyl sites for hydroxylation is 1. The smallest absolute Gasteiger partial charge is 0.311 e. The highest BCUT2D eigenvalue weighted by Gasteiger charge is 2.18. The summed E-state index contributed by atoms with van der Waals surface area (Å²) in [5.74, 6) is -0.908. The van der Waals surface area contributed by atoms with Gasteiger partial charge in [-0.1, -0.05) is 35.9 Å². The normalized spacial score (nSPS) is 11.2. The molecular weight excluding hydrogens is 304 g/mol. The molecule has 1 atom stereocenters. The molecule has 5 nitrogen and oxygen atoms in total. The number of esters is 1. The number of nitriles is 1. The topological polar surface area (TPSA) is 79.2 Å². The summed E-state index contributed by atoms with van der Waals surface area (Å²) in [6.07, 6.45) is -0.810. The lowest BCUT2D eigenvalue weighted by molar-refractivity contribution is -0.152. The molecule has 0 aliphatic rings. The van der Waals surface area contributed by atoms with Gasteiger partial charge < -0.3 is 10.1 Å². The molecule has 5 heteroatoms. The second-order valence-electron chi connectivity index (χ2n) is 5.48. The van der Waals surface area contributed by atoms with E-state index in [0.29, 0.717) is 11.3 Å². The first-order chi connectivity index (χ1) is 11.5. The van der Waals surface area contributed by atoms with Crippen molar-refractivity contribution in [1.82, 2.24) is 0 Å². The van der Waals surface area contributed by atoms with E-state index in [4.69, 9.17) is 10.00 Å². The van der Waals surface area contributed by atoms with Crippen molar-refractivity contribution in [2.24, 2.45) is 0 Å². The zero-order chi connectivity index (χ0) is 17.5. The van der Waals surface area contributed by atoms with E-state index in [0.717, 1.165) is 11.1 Å². The summed E-state index contributed by atoms with van der Waals surface area (Å²) in [5.41, 5.74) is 2.87. The van der Waals surface area contributed by atoms with E-state index in [1.165, 1.54) is 6.92 Å². The molecule has 0 radical (unpaired) electrons. The average Bonchev–Trinajstić information content (AvgIpc) is 2.57. The lowest BCUT2D eigenvalue weighted by Crippen LogP contribution is -2.30. The number of amides is 1. The highest BCUT2D eigenvalue weighted by atomic mass is 16.5. The minimum absolute atomic E-state index is 0.113. The second kappa shape index (κ2) is 7.93. The molecule has 0 unspecified atom stereocenters. The van der Waals surface area contributed by atoms with Crippen molar-refractivity contribution in [3.8, 4) is 6.07 Å². The van der Waals surface area contributed by atoms with E-state index in [-0.39, 0.29) is 6.42 Å². The number of rotatable bonds is 5. The van der Waals surface area contributed by atoms with Crippen LogP contribution in [0.1, 0.15) is 23.6 Å².